The van der Waals surface area contributed by atoms with Crippen molar-refractivity contribution in [2.75, 3.05) is 11.9 Å². The Morgan fingerprint density at radius 3 is 2.23 bits per heavy atom. The molecule has 2 N–H and O–H groups in total. The number of aliphatic carboxylic acids is 1. The normalized spacial score (nSPS) is 10.7. The van der Waals surface area contributed by atoms with Gasteiger partial charge in [-0.3, -0.25) is 4.79 Å². The van der Waals surface area contributed by atoms with Crippen molar-refractivity contribution < 1.29 is 19.4 Å². The molecule has 0 unspecified atom stereocenters. The number of carboxylic acid groups (broad SMARTS) is 1. The summed E-state index contributed by atoms with van der Waals surface area (Å²) < 4.78 is 5.32. The lowest BCUT2D eigenvalue weighted by atomic mass is 9.97. The van der Waals surface area contributed by atoms with E-state index in [-0.39, 0.29) is 5.91 Å². The Morgan fingerprint density at radius 2 is 1.69 bits per heavy atom. The van der Waals surface area contributed by atoms with E-state index in [2.05, 4.69) is 19.2 Å². The lowest BCUT2D eigenvalue weighted by Crippen LogP contribution is -2.16. The van der Waals surface area contributed by atoms with Crippen LogP contribution < -0.4 is 10.1 Å². The first-order valence-corrected chi connectivity index (χ1v) is 8.57. The number of rotatable bonds is 6. The zero-order valence-electron chi connectivity index (χ0n) is 15.8. The first-order chi connectivity index (χ1) is 12.2. The second-order valence-electron chi connectivity index (χ2n) is 6.77. The predicted molar refractivity (Wildman–Crippen MR) is 102 cm³/mol. The Kier molecular flexibility index (Phi) is 6.03. The molecule has 2 rings (SSSR count). The molecule has 0 bridgehead atoms. The Labute approximate surface area is 154 Å². The maximum atomic E-state index is 12.8. The summed E-state index contributed by atoms with van der Waals surface area (Å²) >= 11 is 0. The molecule has 1 amide bonds. The van der Waals surface area contributed by atoms with Gasteiger partial charge in [0, 0.05) is 11.3 Å². The maximum Gasteiger partial charge on any atom is 0.341 e. The van der Waals surface area contributed by atoms with Crippen molar-refractivity contribution in [3.05, 3.63) is 58.1 Å². The van der Waals surface area contributed by atoms with Crippen LogP contribution in [-0.4, -0.2) is 23.6 Å². The van der Waals surface area contributed by atoms with Crippen LogP contribution >= 0.6 is 0 Å². The van der Waals surface area contributed by atoms with Crippen LogP contribution in [0.25, 0.3) is 0 Å². The molecule has 5 heteroatoms. The number of hydrogen-bond acceptors (Lipinski definition) is 3. The number of ether oxygens (including phenoxy) is 1. The standard InChI is InChI=1S/C21H25NO4/c1-12(2)17-8-6-7-13(3)19(17)22-21(25)16-9-14(4)20(15(5)10-16)26-11-18(23)24/h6-10,12H,11H2,1-5H3,(H,22,25)(H,23,24). The highest BCUT2D eigenvalue weighted by Gasteiger charge is 2.16. The highest BCUT2D eigenvalue weighted by atomic mass is 16.5. The minimum Gasteiger partial charge on any atom is -0.481 e. The van der Waals surface area contributed by atoms with E-state index < -0.39 is 12.6 Å². The number of aryl methyl sites for hydroxylation is 3. The molecule has 2 aromatic rings. The van der Waals surface area contributed by atoms with Gasteiger partial charge in [0.1, 0.15) is 5.75 Å². The minimum absolute atomic E-state index is 0.197. The number of anilines is 1. The second kappa shape index (κ2) is 8.04. The Balaban J connectivity index is 2.30. The fourth-order valence-electron chi connectivity index (χ4n) is 2.97. The van der Waals surface area contributed by atoms with Gasteiger partial charge in [-0.15, -0.1) is 0 Å². The van der Waals surface area contributed by atoms with Crippen LogP contribution in [0.15, 0.2) is 30.3 Å². The van der Waals surface area contributed by atoms with E-state index in [1.54, 1.807) is 26.0 Å². The van der Waals surface area contributed by atoms with Crippen molar-refractivity contribution in [2.24, 2.45) is 0 Å². The van der Waals surface area contributed by atoms with E-state index in [1.165, 1.54) is 0 Å². The van der Waals surface area contributed by atoms with Crippen LogP contribution in [0.2, 0.25) is 0 Å². The van der Waals surface area contributed by atoms with Crippen LogP contribution in [-0.2, 0) is 4.79 Å². The molecule has 0 aliphatic heterocycles. The van der Waals surface area contributed by atoms with Crippen LogP contribution in [0.4, 0.5) is 5.69 Å². The van der Waals surface area contributed by atoms with Crippen LogP contribution in [0, 0.1) is 20.8 Å². The van der Waals surface area contributed by atoms with E-state index in [0.717, 1.165) is 27.9 Å². The molecule has 0 aliphatic rings. The largest absolute Gasteiger partial charge is 0.481 e. The quantitative estimate of drug-likeness (QED) is 0.803. The molecule has 138 valence electrons. The molecule has 5 nitrogen and oxygen atoms in total. The van der Waals surface area contributed by atoms with Crippen molar-refractivity contribution in [2.45, 2.75) is 40.5 Å². The zero-order chi connectivity index (χ0) is 19.4. The monoisotopic (exact) mass is 355 g/mol. The van der Waals surface area contributed by atoms with Crippen molar-refractivity contribution >= 4 is 17.6 Å². The third kappa shape index (κ3) is 4.42. The number of para-hydroxylation sites is 1. The minimum atomic E-state index is -1.04. The molecule has 0 atom stereocenters. The average Bonchev–Trinajstić information content (AvgIpc) is 2.55. The summed E-state index contributed by atoms with van der Waals surface area (Å²) in [5, 5.41) is 11.8. The number of nitrogens with one attached hydrogen (secondary N) is 1. The van der Waals surface area contributed by atoms with Gasteiger partial charge in [0.15, 0.2) is 6.61 Å². The predicted octanol–water partition coefficient (Wildman–Crippen LogP) is 4.45. The van der Waals surface area contributed by atoms with Gasteiger partial charge in [-0.25, -0.2) is 4.79 Å². The molecule has 0 fully saturated rings. The molecule has 0 saturated carbocycles. The topological polar surface area (TPSA) is 75.6 Å². The summed E-state index contributed by atoms with van der Waals surface area (Å²) in [6.45, 7) is 9.35. The number of carbonyl (C=O) groups is 2. The molecule has 0 saturated heterocycles. The molecule has 26 heavy (non-hydrogen) atoms. The molecular formula is C21H25NO4. The summed E-state index contributed by atoms with van der Waals surface area (Å²) in [5.41, 5.74) is 4.91. The van der Waals surface area contributed by atoms with E-state index in [0.29, 0.717) is 17.2 Å². The van der Waals surface area contributed by atoms with Crippen LogP contribution in [0.5, 0.6) is 5.75 Å². The first kappa shape index (κ1) is 19.5. The zero-order valence-corrected chi connectivity index (χ0v) is 15.8. The van der Waals surface area contributed by atoms with E-state index in [4.69, 9.17) is 9.84 Å². The van der Waals surface area contributed by atoms with Gasteiger partial charge in [0.05, 0.1) is 0 Å². The van der Waals surface area contributed by atoms with Crippen molar-refractivity contribution in [3.8, 4) is 5.75 Å². The lowest BCUT2D eigenvalue weighted by Gasteiger charge is -2.17. The SMILES string of the molecule is Cc1cccc(C(C)C)c1NC(=O)c1cc(C)c(OCC(=O)O)c(C)c1. The van der Waals surface area contributed by atoms with Crippen molar-refractivity contribution in [3.63, 3.8) is 0 Å². The fourth-order valence-corrected chi connectivity index (χ4v) is 2.97. The molecule has 0 aromatic heterocycles. The number of hydrogen-bond donors (Lipinski definition) is 2. The molecule has 0 heterocycles. The summed E-state index contributed by atoms with van der Waals surface area (Å²) in [5.74, 6) is -0.438. The van der Waals surface area contributed by atoms with Crippen LogP contribution in [0.1, 0.15) is 52.4 Å². The first-order valence-electron chi connectivity index (χ1n) is 8.57. The third-order valence-electron chi connectivity index (χ3n) is 4.23. The second-order valence-corrected chi connectivity index (χ2v) is 6.77. The van der Waals surface area contributed by atoms with Gasteiger partial charge in [-0.1, -0.05) is 32.0 Å². The third-order valence-corrected chi connectivity index (χ3v) is 4.23. The van der Waals surface area contributed by atoms with Gasteiger partial charge in [-0.05, 0) is 61.1 Å². The number of carbonyl (C=O) groups excluding carboxylic acids is 1. The number of benzene rings is 2. The highest BCUT2D eigenvalue weighted by molar-refractivity contribution is 6.05. The Morgan fingerprint density at radius 1 is 1.08 bits per heavy atom. The maximum absolute atomic E-state index is 12.8. The Bertz CT molecular complexity index is 817. The number of carboxylic acids is 1. The molecule has 0 spiro atoms. The van der Waals surface area contributed by atoms with Gasteiger partial charge in [-0.2, -0.15) is 0 Å². The summed E-state index contributed by atoms with van der Waals surface area (Å²) in [7, 11) is 0. The summed E-state index contributed by atoms with van der Waals surface area (Å²) in [6, 6.07) is 9.41. The van der Waals surface area contributed by atoms with Crippen molar-refractivity contribution in [1.29, 1.82) is 0 Å². The van der Waals surface area contributed by atoms with Gasteiger partial charge >= 0.3 is 5.97 Å². The van der Waals surface area contributed by atoms with Gasteiger partial charge in [0.25, 0.3) is 5.91 Å². The summed E-state index contributed by atoms with van der Waals surface area (Å²) in [6.07, 6.45) is 0. The van der Waals surface area contributed by atoms with Crippen molar-refractivity contribution in [1.82, 2.24) is 0 Å². The van der Waals surface area contributed by atoms with Gasteiger partial charge in [0.2, 0.25) is 0 Å². The fraction of sp³-hybridized carbons (Fsp3) is 0.333. The average molecular weight is 355 g/mol. The molecule has 0 aliphatic carbocycles. The molecule has 2 aromatic carbocycles. The van der Waals surface area contributed by atoms with E-state index in [1.807, 2.05) is 25.1 Å². The van der Waals surface area contributed by atoms with E-state index in [9.17, 15) is 9.59 Å². The highest BCUT2D eigenvalue weighted by Crippen LogP contribution is 2.29. The molecule has 0 radical (unpaired) electrons. The van der Waals surface area contributed by atoms with E-state index >= 15 is 0 Å². The summed E-state index contributed by atoms with van der Waals surface area (Å²) in [4.78, 5) is 23.5. The van der Waals surface area contributed by atoms with Crippen LogP contribution in [0.3, 0.4) is 0 Å². The smallest absolute Gasteiger partial charge is 0.341 e. The Hall–Kier alpha value is -2.82. The van der Waals surface area contributed by atoms with Gasteiger partial charge < -0.3 is 15.2 Å². The molecular weight excluding hydrogens is 330 g/mol. The number of amides is 1. The lowest BCUT2D eigenvalue weighted by molar-refractivity contribution is -0.139.